The lowest BCUT2D eigenvalue weighted by molar-refractivity contribution is -0.402. The van der Waals surface area contributed by atoms with E-state index < -0.39 is 4.92 Å². The second kappa shape index (κ2) is 4.85. The Balaban J connectivity index is 2.05. The zero-order valence-corrected chi connectivity index (χ0v) is 10.0. The number of nitrogens with one attached hydrogen (secondary N) is 1. The van der Waals surface area contributed by atoms with Crippen LogP contribution in [0.5, 0.6) is 0 Å². The fourth-order valence-corrected chi connectivity index (χ4v) is 2.21. The molecule has 0 aliphatic carbocycles. The third-order valence-corrected chi connectivity index (χ3v) is 3.18. The van der Waals surface area contributed by atoms with Crippen molar-refractivity contribution < 1.29 is 9.34 Å². The number of piperazine rings is 1. The first-order valence-corrected chi connectivity index (χ1v) is 5.77. The average molecular weight is 239 g/mol. The Labute approximate surface area is 99.7 Å². The summed E-state index contributed by atoms with van der Waals surface area (Å²) in [6.45, 7) is 6.78. The molecule has 2 heterocycles. The van der Waals surface area contributed by atoms with Crippen LogP contribution in [0.15, 0.2) is 16.5 Å². The summed E-state index contributed by atoms with van der Waals surface area (Å²) >= 11 is 0. The summed E-state index contributed by atoms with van der Waals surface area (Å²) in [6.07, 6.45) is 0. The average Bonchev–Trinajstić information content (AvgIpc) is 2.72. The predicted octanol–water partition coefficient (Wildman–Crippen LogP) is 1.37. The molecule has 1 aromatic heterocycles. The SMILES string of the molecule is CC1CNCC(C)N1Cc1ccc([N+](=O)[O-])o1. The number of hydrogen-bond donors (Lipinski definition) is 1. The van der Waals surface area contributed by atoms with Crippen LogP contribution in [-0.2, 0) is 6.54 Å². The van der Waals surface area contributed by atoms with Crippen molar-refractivity contribution in [3.63, 3.8) is 0 Å². The highest BCUT2D eigenvalue weighted by Crippen LogP contribution is 2.20. The molecule has 1 aliphatic heterocycles. The van der Waals surface area contributed by atoms with Crippen LogP contribution in [0.3, 0.4) is 0 Å². The summed E-state index contributed by atoms with van der Waals surface area (Å²) in [4.78, 5) is 12.3. The minimum absolute atomic E-state index is 0.185. The van der Waals surface area contributed by atoms with Gasteiger partial charge in [-0.1, -0.05) is 0 Å². The van der Waals surface area contributed by atoms with E-state index in [4.69, 9.17) is 4.42 Å². The zero-order chi connectivity index (χ0) is 12.4. The van der Waals surface area contributed by atoms with Gasteiger partial charge in [-0.05, 0) is 19.9 Å². The summed E-state index contributed by atoms with van der Waals surface area (Å²) in [5.74, 6) is 0.466. The van der Waals surface area contributed by atoms with E-state index >= 15 is 0 Å². The van der Waals surface area contributed by atoms with Gasteiger partial charge in [0, 0.05) is 25.2 Å². The molecule has 1 aliphatic rings. The third kappa shape index (κ3) is 2.65. The summed E-state index contributed by atoms with van der Waals surface area (Å²) in [6, 6.07) is 3.90. The monoisotopic (exact) mass is 239 g/mol. The maximum Gasteiger partial charge on any atom is 0.433 e. The van der Waals surface area contributed by atoms with Gasteiger partial charge in [0.25, 0.3) is 0 Å². The van der Waals surface area contributed by atoms with Crippen molar-refractivity contribution >= 4 is 5.88 Å². The highest BCUT2D eigenvalue weighted by Gasteiger charge is 2.25. The first kappa shape index (κ1) is 12.1. The summed E-state index contributed by atoms with van der Waals surface area (Å²) in [5.41, 5.74) is 0. The van der Waals surface area contributed by atoms with Gasteiger partial charge in [0.05, 0.1) is 12.6 Å². The molecule has 1 fully saturated rings. The molecule has 0 saturated carbocycles. The van der Waals surface area contributed by atoms with Crippen molar-refractivity contribution in [2.75, 3.05) is 13.1 Å². The van der Waals surface area contributed by atoms with Crippen LogP contribution in [0.2, 0.25) is 0 Å². The Kier molecular flexibility index (Phi) is 3.44. The lowest BCUT2D eigenvalue weighted by Gasteiger charge is -2.38. The number of furan rings is 1. The molecule has 17 heavy (non-hydrogen) atoms. The molecule has 1 N–H and O–H groups in total. The first-order chi connectivity index (χ1) is 8.08. The van der Waals surface area contributed by atoms with Gasteiger partial charge in [-0.2, -0.15) is 0 Å². The Bertz CT molecular complexity index is 394. The van der Waals surface area contributed by atoms with Crippen LogP contribution < -0.4 is 5.32 Å². The molecule has 0 radical (unpaired) electrons. The van der Waals surface area contributed by atoms with Crippen molar-refractivity contribution in [3.05, 3.63) is 28.0 Å². The second-order valence-corrected chi connectivity index (χ2v) is 4.53. The lowest BCUT2D eigenvalue weighted by Crippen LogP contribution is -2.54. The largest absolute Gasteiger partial charge is 0.433 e. The van der Waals surface area contributed by atoms with E-state index in [9.17, 15) is 10.1 Å². The molecule has 0 bridgehead atoms. The topological polar surface area (TPSA) is 71.5 Å². The Hall–Kier alpha value is -1.40. The summed E-state index contributed by atoms with van der Waals surface area (Å²) in [5, 5.41) is 13.9. The van der Waals surface area contributed by atoms with Crippen LogP contribution in [0.4, 0.5) is 5.88 Å². The Morgan fingerprint density at radius 1 is 1.47 bits per heavy atom. The highest BCUT2D eigenvalue weighted by molar-refractivity contribution is 5.17. The molecule has 0 spiro atoms. The van der Waals surface area contributed by atoms with Crippen LogP contribution >= 0.6 is 0 Å². The molecule has 1 aromatic rings. The molecule has 2 atom stereocenters. The normalized spacial score (nSPS) is 26.0. The quantitative estimate of drug-likeness (QED) is 0.637. The fraction of sp³-hybridized carbons (Fsp3) is 0.636. The van der Waals surface area contributed by atoms with Crippen LogP contribution in [-0.4, -0.2) is 35.0 Å². The van der Waals surface area contributed by atoms with E-state index in [1.807, 2.05) is 0 Å². The molecule has 2 rings (SSSR count). The van der Waals surface area contributed by atoms with Crippen molar-refractivity contribution in [2.24, 2.45) is 0 Å². The van der Waals surface area contributed by atoms with Gasteiger partial charge in [0.1, 0.15) is 10.7 Å². The van der Waals surface area contributed by atoms with Gasteiger partial charge in [-0.3, -0.25) is 15.0 Å². The standard InChI is InChI=1S/C11H17N3O3/c1-8-5-12-6-9(2)13(8)7-10-3-4-11(17-10)14(15)16/h3-4,8-9,12H,5-7H2,1-2H3. The lowest BCUT2D eigenvalue weighted by atomic mass is 10.1. The molecule has 0 aromatic carbocycles. The van der Waals surface area contributed by atoms with E-state index in [0.717, 1.165) is 13.1 Å². The molecule has 0 amide bonds. The molecular formula is C11H17N3O3. The molecule has 1 saturated heterocycles. The smallest absolute Gasteiger partial charge is 0.404 e. The Morgan fingerprint density at radius 2 is 2.12 bits per heavy atom. The number of nitrogens with zero attached hydrogens (tertiary/aromatic N) is 2. The van der Waals surface area contributed by atoms with Gasteiger partial charge in [0.2, 0.25) is 0 Å². The molecule has 6 heteroatoms. The zero-order valence-electron chi connectivity index (χ0n) is 10.0. The first-order valence-electron chi connectivity index (χ1n) is 5.77. The summed E-state index contributed by atoms with van der Waals surface area (Å²) < 4.78 is 5.18. The van der Waals surface area contributed by atoms with E-state index in [0.29, 0.717) is 24.4 Å². The second-order valence-electron chi connectivity index (χ2n) is 4.53. The predicted molar refractivity (Wildman–Crippen MR) is 62.7 cm³/mol. The number of nitro groups is 1. The number of rotatable bonds is 3. The minimum Gasteiger partial charge on any atom is -0.404 e. The van der Waals surface area contributed by atoms with Gasteiger partial charge in [0.15, 0.2) is 0 Å². The van der Waals surface area contributed by atoms with Crippen LogP contribution in [0, 0.1) is 10.1 Å². The van der Waals surface area contributed by atoms with Gasteiger partial charge < -0.3 is 9.73 Å². The van der Waals surface area contributed by atoms with Gasteiger partial charge >= 0.3 is 5.88 Å². The molecule has 94 valence electrons. The van der Waals surface area contributed by atoms with Crippen molar-refractivity contribution in [3.8, 4) is 0 Å². The Morgan fingerprint density at radius 3 is 2.65 bits per heavy atom. The maximum atomic E-state index is 10.5. The van der Waals surface area contributed by atoms with Crippen molar-refractivity contribution in [1.82, 2.24) is 10.2 Å². The van der Waals surface area contributed by atoms with E-state index in [1.54, 1.807) is 6.07 Å². The van der Waals surface area contributed by atoms with E-state index in [1.165, 1.54) is 6.07 Å². The van der Waals surface area contributed by atoms with Crippen molar-refractivity contribution in [2.45, 2.75) is 32.5 Å². The summed E-state index contributed by atoms with van der Waals surface area (Å²) in [7, 11) is 0. The fourth-order valence-electron chi connectivity index (χ4n) is 2.21. The van der Waals surface area contributed by atoms with Crippen molar-refractivity contribution in [1.29, 1.82) is 0 Å². The minimum atomic E-state index is -0.506. The van der Waals surface area contributed by atoms with Crippen LogP contribution in [0.1, 0.15) is 19.6 Å². The molecular weight excluding hydrogens is 222 g/mol. The highest BCUT2D eigenvalue weighted by atomic mass is 16.6. The van der Waals surface area contributed by atoms with Crippen LogP contribution in [0.25, 0.3) is 0 Å². The van der Waals surface area contributed by atoms with E-state index in [2.05, 4.69) is 24.1 Å². The van der Waals surface area contributed by atoms with Gasteiger partial charge in [-0.25, -0.2) is 0 Å². The number of hydrogen-bond acceptors (Lipinski definition) is 5. The molecule has 6 nitrogen and oxygen atoms in total. The van der Waals surface area contributed by atoms with Gasteiger partial charge in [-0.15, -0.1) is 0 Å². The molecule has 2 unspecified atom stereocenters. The van der Waals surface area contributed by atoms with E-state index in [-0.39, 0.29) is 5.88 Å². The third-order valence-electron chi connectivity index (χ3n) is 3.18. The maximum absolute atomic E-state index is 10.5.